The highest BCUT2D eigenvalue weighted by molar-refractivity contribution is 5.91. The van der Waals surface area contributed by atoms with Gasteiger partial charge in [0.2, 0.25) is 0 Å². The molecule has 0 aliphatic heterocycles. The number of amides is 1. The predicted octanol–water partition coefficient (Wildman–Crippen LogP) is 1.63. The highest BCUT2D eigenvalue weighted by Crippen LogP contribution is 2.28. The Bertz CT molecular complexity index is 498. The van der Waals surface area contributed by atoms with Crippen molar-refractivity contribution in [1.29, 1.82) is 0 Å². The van der Waals surface area contributed by atoms with Gasteiger partial charge in [-0.15, -0.1) is 0 Å². The minimum atomic E-state index is -0.866. The summed E-state index contributed by atoms with van der Waals surface area (Å²) in [4.78, 5) is 26.4. The highest BCUT2D eigenvalue weighted by Gasteiger charge is 2.29. The lowest BCUT2D eigenvalue weighted by atomic mass is 9.84. The van der Waals surface area contributed by atoms with Gasteiger partial charge in [0.1, 0.15) is 11.7 Å². The highest BCUT2D eigenvalue weighted by atomic mass is 16.4. The number of carboxylic acids is 1. The Morgan fingerprint density at radius 3 is 2.65 bits per heavy atom. The molecule has 4 N–H and O–H groups in total. The van der Waals surface area contributed by atoms with Crippen LogP contribution in [0, 0.1) is 5.92 Å². The summed E-state index contributed by atoms with van der Waals surface area (Å²) in [5.41, 5.74) is 5.86. The van der Waals surface area contributed by atoms with Crippen LogP contribution in [0.1, 0.15) is 42.6 Å². The van der Waals surface area contributed by atoms with Crippen LogP contribution in [0.25, 0.3) is 0 Å². The van der Waals surface area contributed by atoms with E-state index < -0.39 is 17.9 Å². The average molecular weight is 277 g/mol. The number of carbonyl (C=O) groups is 2. The van der Waals surface area contributed by atoms with Gasteiger partial charge >= 0.3 is 5.97 Å². The van der Waals surface area contributed by atoms with Gasteiger partial charge in [-0.05, 0) is 30.9 Å². The first-order valence-electron chi connectivity index (χ1n) is 6.83. The van der Waals surface area contributed by atoms with E-state index in [0.717, 1.165) is 25.7 Å². The van der Waals surface area contributed by atoms with Crippen LogP contribution in [0.4, 0.5) is 5.69 Å². The van der Waals surface area contributed by atoms with E-state index in [9.17, 15) is 14.7 Å². The van der Waals surface area contributed by atoms with E-state index >= 15 is 0 Å². The first-order valence-corrected chi connectivity index (χ1v) is 6.83. The van der Waals surface area contributed by atoms with Crippen LogP contribution in [-0.4, -0.2) is 28.0 Å². The monoisotopic (exact) mass is 277 g/mol. The molecule has 6 heteroatoms. The number of aliphatic carboxylic acids is 1. The number of hydrogen-bond acceptors (Lipinski definition) is 4. The Morgan fingerprint density at radius 1 is 1.35 bits per heavy atom. The first kappa shape index (κ1) is 14.3. The molecule has 1 heterocycles. The second kappa shape index (κ2) is 6.36. The van der Waals surface area contributed by atoms with Gasteiger partial charge in [0.15, 0.2) is 0 Å². The standard InChI is InChI=1S/C14H19N3O3/c15-13(18)11-8-10(6-7-16-11)17-12(14(19)20)9-4-2-1-3-5-9/h6-9,12H,1-5H2,(H2,15,18)(H,16,17)(H,19,20). The summed E-state index contributed by atoms with van der Waals surface area (Å²) in [6.07, 6.45) is 6.58. The summed E-state index contributed by atoms with van der Waals surface area (Å²) < 4.78 is 0. The molecule has 1 fully saturated rings. The Labute approximate surface area is 117 Å². The van der Waals surface area contributed by atoms with Crippen molar-refractivity contribution in [2.75, 3.05) is 5.32 Å². The van der Waals surface area contributed by atoms with E-state index in [0.29, 0.717) is 5.69 Å². The Kier molecular flexibility index (Phi) is 4.55. The SMILES string of the molecule is NC(=O)c1cc(NC(C(=O)O)C2CCCCC2)ccn1. The van der Waals surface area contributed by atoms with Crippen LogP contribution in [-0.2, 0) is 4.79 Å². The maximum absolute atomic E-state index is 11.5. The third-order valence-corrected chi connectivity index (χ3v) is 3.72. The summed E-state index contributed by atoms with van der Waals surface area (Å²) in [6, 6.07) is 2.49. The van der Waals surface area contributed by atoms with Crippen molar-refractivity contribution in [2.45, 2.75) is 38.1 Å². The minimum absolute atomic E-state index is 0.117. The van der Waals surface area contributed by atoms with Gasteiger partial charge in [-0.3, -0.25) is 9.78 Å². The van der Waals surface area contributed by atoms with Crippen LogP contribution < -0.4 is 11.1 Å². The summed E-state index contributed by atoms with van der Waals surface area (Å²) >= 11 is 0. The summed E-state index contributed by atoms with van der Waals surface area (Å²) in [6.45, 7) is 0. The molecule has 1 amide bonds. The number of anilines is 1. The molecule has 0 radical (unpaired) electrons. The molecule has 0 saturated heterocycles. The van der Waals surface area contributed by atoms with E-state index in [1.54, 1.807) is 6.07 Å². The van der Waals surface area contributed by atoms with E-state index in [2.05, 4.69) is 10.3 Å². The fraction of sp³-hybridized carbons (Fsp3) is 0.500. The van der Waals surface area contributed by atoms with E-state index in [1.807, 2.05) is 0 Å². The normalized spacial score (nSPS) is 17.4. The summed E-state index contributed by atoms with van der Waals surface area (Å²) in [5.74, 6) is -1.38. The molecule has 20 heavy (non-hydrogen) atoms. The largest absolute Gasteiger partial charge is 0.480 e. The second-order valence-electron chi connectivity index (χ2n) is 5.15. The smallest absolute Gasteiger partial charge is 0.326 e. The first-order chi connectivity index (χ1) is 9.58. The quantitative estimate of drug-likeness (QED) is 0.758. The zero-order valence-electron chi connectivity index (χ0n) is 11.2. The van der Waals surface area contributed by atoms with Crippen molar-refractivity contribution in [3.8, 4) is 0 Å². The van der Waals surface area contributed by atoms with Gasteiger partial charge in [-0.1, -0.05) is 19.3 Å². The van der Waals surface area contributed by atoms with Gasteiger partial charge < -0.3 is 16.2 Å². The molecule has 0 aromatic carbocycles. The lowest BCUT2D eigenvalue weighted by Crippen LogP contribution is -2.38. The van der Waals surface area contributed by atoms with Crippen LogP contribution in [0.15, 0.2) is 18.3 Å². The molecular weight excluding hydrogens is 258 g/mol. The third-order valence-electron chi connectivity index (χ3n) is 3.72. The maximum Gasteiger partial charge on any atom is 0.326 e. The predicted molar refractivity (Wildman–Crippen MR) is 74.4 cm³/mol. The molecule has 1 saturated carbocycles. The number of nitrogens with zero attached hydrogens (tertiary/aromatic N) is 1. The van der Waals surface area contributed by atoms with Gasteiger partial charge in [-0.2, -0.15) is 0 Å². The molecule has 1 unspecified atom stereocenters. The third kappa shape index (κ3) is 3.46. The van der Waals surface area contributed by atoms with Gasteiger partial charge in [0.25, 0.3) is 5.91 Å². The molecular formula is C14H19N3O3. The van der Waals surface area contributed by atoms with Crippen molar-refractivity contribution in [3.05, 3.63) is 24.0 Å². The number of aromatic nitrogens is 1. The molecule has 1 aromatic rings. The number of pyridine rings is 1. The average Bonchev–Trinajstić information content (AvgIpc) is 2.45. The molecule has 108 valence electrons. The van der Waals surface area contributed by atoms with Crippen molar-refractivity contribution < 1.29 is 14.7 Å². The van der Waals surface area contributed by atoms with Gasteiger partial charge in [0, 0.05) is 11.9 Å². The Balaban J connectivity index is 2.13. The molecule has 0 spiro atoms. The number of primary amides is 1. The Hall–Kier alpha value is -2.11. The van der Waals surface area contributed by atoms with Crippen LogP contribution in [0.5, 0.6) is 0 Å². The van der Waals surface area contributed by atoms with Gasteiger partial charge in [0.05, 0.1) is 0 Å². The van der Waals surface area contributed by atoms with Crippen LogP contribution in [0.2, 0.25) is 0 Å². The molecule has 1 atom stereocenters. The molecule has 6 nitrogen and oxygen atoms in total. The van der Waals surface area contributed by atoms with Crippen molar-refractivity contribution in [1.82, 2.24) is 4.98 Å². The second-order valence-corrected chi connectivity index (χ2v) is 5.15. The number of hydrogen-bond donors (Lipinski definition) is 3. The summed E-state index contributed by atoms with van der Waals surface area (Å²) in [7, 11) is 0. The number of carbonyl (C=O) groups excluding carboxylic acids is 1. The molecule has 2 rings (SSSR count). The maximum atomic E-state index is 11.5. The van der Waals surface area contributed by atoms with Crippen LogP contribution in [0.3, 0.4) is 0 Å². The fourth-order valence-corrected chi connectivity index (χ4v) is 2.68. The molecule has 0 bridgehead atoms. The zero-order valence-corrected chi connectivity index (χ0v) is 11.2. The van der Waals surface area contributed by atoms with Gasteiger partial charge in [-0.25, -0.2) is 4.79 Å². The molecule has 1 aliphatic carbocycles. The fourth-order valence-electron chi connectivity index (χ4n) is 2.68. The number of nitrogens with two attached hydrogens (primary N) is 1. The number of carboxylic acid groups (broad SMARTS) is 1. The van der Waals surface area contributed by atoms with E-state index in [4.69, 9.17) is 5.73 Å². The number of nitrogens with one attached hydrogen (secondary N) is 1. The molecule has 1 aliphatic rings. The van der Waals surface area contributed by atoms with Crippen molar-refractivity contribution >= 4 is 17.6 Å². The lowest BCUT2D eigenvalue weighted by Gasteiger charge is -2.28. The lowest BCUT2D eigenvalue weighted by molar-refractivity contribution is -0.139. The van der Waals surface area contributed by atoms with Crippen molar-refractivity contribution in [2.24, 2.45) is 11.7 Å². The summed E-state index contributed by atoms with van der Waals surface area (Å²) in [5, 5.41) is 12.4. The Morgan fingerprint density at radius 2 is 2.05 bits per heavy atom. The van der Waals surface area contributed by atoms with Crippen molar-refractivity contribution in [3.63, 3.8) is 0 Å². The van der Waals surface area contributed by atoms with E-state index in [1.165, 1.54) is 18.7 Å². The topological polar surface area (TPSA) is 105 Å². The van der Waals surface area contributed by atoms with Crippen LogP contribution >= 0.6 is 0 Å². The minimum Gasteiger partial charge on any atom is -0.480 e. The zero-order chi connectivity index (χ0) is 14.5. The molecule has 1 aromatic heterocycles. The number of rotatable bonds is 5. The van der Waals surface area contributed by atoms with E-state index in [-0.39, 0.29) is 11.6 Å².